The number of esters is 1. The van der Waals surface area contributed by atoms with Crippen LogP contribution in [0.4, 0.5) is 0 Å². The van der Waals surface area contributed by atoms with E-state index in [2.05, 4.69) is 27.4 Å². The van der Waals surface area contributed by atoms with E-state index >= 15 is 0 Å². The zero-order valence-corrected chi connectivity index (χ0v) is 10.3. The van der Waals surface area contributed by atoms with Crippen LogP contribution in [0, 0.1) is 5.41 Å². The quantitative estimate of drug-likeness (QED) is 0.513. The van der Waals surface area contributed by atoms with Gasteiger partial charge < -0.3 is 4.74 Å². The number of carbonyl (C=O) groups is 1. The Morgan fingerprint density at radius 3 is 2.40 bits per heavy atom. The molecule has 0 aliphatic heterocycles. The second kappa shape index (κ2) is 6.44. The van der Waals surface area contributed by atoms with Crippen LogP contribution in [0.1, 0.15) is 40.5 Å². The van der Waals surface area contributed by atoms with Gasteiger partial charge in [-0.3, -0.25) is 4.79 Å². The molecule has 0 aliphatic carbocycles. The van der Waals surface area contributed by atoms with Gasteiger partial charge in [0.2, 0.25) is 0 Å². The fourth-order valence-electron chi connectivity index (χ4n) is 1.31. The molecule has 2 nitrogen and oxygen atoms in total. The lowest BCUT2D eigenvalue weighted by Crippen LogP contribution is -2.05. The minimum absolute atomic E-state index is 0.242. The molecule has 0 radical (unpaired) electrons. The van der Waals surface area contributed by atoms with Crippen LogP contribution in [0.2, 0.25) is 0 Å². The average Bonchev–Trinajstić information content (AvgIpc) is 1.99. The summed E-state index contributed by atoms with van der Waals surface area (Å²) in [6.07, 6.45) is 5.73. The second-order valence-corrected chi connectivity index (χ2v) is 4.97. The Balaban J connectivity index is 3.67. The summed E-state index contributed by atoms with van der Waals surface area (Å²) < 4.78 is 4.77. The lowest BCUT2D eigenvalue weighted by Gasteiger charge is -2.18. The van der Waals surface area contributed by atoms with E-state index in [1.165, 1.54) is 12.5 Å². The Morgan fingerprint density at radius 1 is 1.33 bits per heavy atom. The Labute approximate surface area is 93.0 Å². The molecule has 0 aromatic rings. The Hall–Kier alpha value is -1.05. The van der Waals surface area contributed by atoms with Crippen LogP contribution >= 0.6 is 0 Å². The fraction of sp³-hybridized carbons (Fsp3) is 0.615. The van der Waals surface area contributed by atoms with E-state index in [4.69, 9.17) is 4.74 Å². The molecule has 2 heteroatoms. The predicted molar refractivity (Wildman–Crippen MR) is 63.6 cm³/mol. The Morgan fingerprint density at radius 2 is 1.93 bits per heavy atom. The smallest absolute Gasteiger partial charge is 0.302 e. The summed E-state index contributed by atoms with van der Waals surface area (Å²) in [7, 11) is 0. The van der Waals surface area contributed by atoms with E-state index in [1.54, 1.807) is 0 Å². The van der Waals surface area contributed by atoms with E-state index in [0.717, 1.165) is 12.8 Å². The zero-order chi connectivity index (χ0) is 11.9. The first-order valence-corrected chi connectivity index (χ1v) is 5.26. The number of carbonyl (C=O) groups excluding carboxylic acids is 1. The first-order valence-electron chi connectivity index (χ1n) is 5.26. The van der Waals surface area contributed by atoms with Gasteiger partial charge >= 0.3 is 5.97 Å². The molecular formula is C13H22O2. The van der Waals surface area contributed by atoms with Gasteiger partial charge in [0.05, 0.1) is 0 Å². The standard InChI is InChI=1S/C13H22O2/c1-11(10-13(3,4)5)8-6-7-9-15-12(2)14/h6-7H,1,8-10H2,2-5H3. The molecule has 0 spiro atoms. The van der Waals surface area contributed by atoms with Gasteiger partial charge in [0.25, 0.3) is 0 Å². The largest absolute Gasteiger partial charge is 0.462 e. The number of hydrogen-bond donors (Lipinski definition) is 0. The molecule has 0 aromatic carbocycles. The molecule has 15 heavy (non-hydrogen) atoms. The molecule has 0 saturated carbocycles. The van der Waals surface area contributed by atoms with Crippen molar-refractivity contribution in [3.8, 4) is 0 Å². The van der Waals surface area contributed by atoms with Gasteiger partial charge in [-0.25, -0.2) is 0 Å². The number of ether oxygens (including phenoxy) is 1. The van der Waals surface area contributed by atoms with Crippen LogP contribution in [0.15, 0.2) is 24.3 Å². The third-order valence-corrected chi connectivity index (χ3v) is 1.74. The summed E-state index contributed by atoms with van der Waals surface area (Å²) in [5, 5.41) is 0. The molecule has 0 amide bonds. The van der Waals surface area contributed by atoms with Gasteiger partial charge in [-0.2, -0.15) is 0 Å². The monoisotopic (exact) mass is 210 g/mol. The van der Waals surface area contributed by atoms with Crippen molar-refractivity contribution in [3.63, 3.8) is 0 Å². The summed E-state index contributed by atoms with van der Waals surface area (Å²) >= 11 is 0. The zero-order valence-electron chi connectivity index (χ0n) is 10.3. The molecule has 0 atom stereocenters. The summed E-state index contributed by atoms with van der Waals surface area (Å²) in [5.74, 6) is -0.242. The second-order valence-electron chi connectivity index (χ2n) is 4.97. The highest BCUT2D eigenvalue weighted by atomic mass is 16.5. The van der Waals surface area contributed by atoms with Crippen molar-refractivity contribution in [1.29, 1.82) is 0 Å². The maximum Gasteiger partial charge on any atom is 0.302 e. The van der Waals surface area contributed by atoms with E-state index in [9.17, 15) is 4.79 Å². The number of rotatable bonds is 5. The Kier molecular flexibility index (Phi) is 5.99. The van der Waals surface area contributed by atoms with Crippen molar-refractivity contribution >= 4 is 5.97 Å². The molecule has 0 aromatic heterocycles. The van der Waals surface area contributed by atoms with Gasteiger partial charge in [-0.15, -0.1) is 0 Å². The van der Waals surface area contributed by atoms with Crippen molar-refractivity contribution in [2.24, 2.45) is 5.41 Å². The predicted octanol–water partition coefficient (Wildman–Crippen LogP) is 3.49. The average molecular weight is 210 g/mol. The van der Waals surface area contributed by atoms with Gasteiger partial charge in [0.15, 0.2) is 0 Å². The molecule has 0 fully saturated rings. The summed E-state index contributed by atoms with van der Waals surface area (Å²) in [5.41, 5.74) is 1.50. The molecule has 0 aliphatic rings. The Bertz CT molecular complexity index is 244. The third-order valence-electron chi connectivity index (χ3n) is 1.74. The first-order chi connectivity index (χ1) is 6.81. The minimum Gasteiger partial charge on any atom is -0.462 e. The molecule has 0 heterocycles. The maximum absolute atomic E-state index is 10.5. The highest BCUT2D eigenvalue weighted by molar-refractivity contribution is 5.65. The van der Waals surface area contributed by atoms with Crippen LogP contribution in [0.3, 0.4) is 0 Å². The minimum atomic E-state index is -0.242. The van der Waals surface area contributed by atoms with Crippen molar-refractivity contribution in [1.82, 2.24) is 0 Å². The van der Waals surface area contributed by atoms with E-state index in [-0.39, 0.29) is 5.97 Å². The van der Waals surface area contributed by atoms with Crippen LogP contribution in [0.5, 0.6) is 0 Å². The van der Waals surface area contributed by atoms with Gasteiger partial charge in [0, 0.05) is 6.92 Å². The molecule has 0 unspecified atom stereocenters. The van der Waals surface area contributed by atoms with E-state index in [0.29, 0.717) is 12.0 Å². The van der Waals surface area contributed by atoms with Gasteiger partial charge in [0.1, 0.15) is 6.61 Å². The summed E-state index contributed by atoms with van der Waals surface area (Å²) in [6, 6.07) is 0. The van der Waals surface area contributed by atoms with E-state index < -0.39 is 0 Å². The van der Waals surface area contributed by atoms with Gasteiger partial charge in [-0.1, -0.05) is 45.1 Å². The van der Waals surface area contributed by atoms with Crippen LogP contribution in [-0.4, -0.2) is 12.6 Å². The number of hydrogen-bond acceptors (Lipinski definition) is 2. The van der Waals surface area contributed by atoms with Crippen LogP contribution in [-0.2, 0) is 9.53 Å². The summed E-state index contributed by atoms with van der Waals surface area (Å²) in [4.78, 5) is 10.5. The van der Waals surface area contributed by atoms with Crippen LogP contribution < -0.4 is 0 Å². The normalized spacial score (nSPS) is 11.7. The van der Waals surface area contributed by atoms with E-state index in [1.807, 2.05) is 12.2 Å². The lowest BCUT2D eigenvalue weighted by molar-refractivity contribution is -0.139. The highest BCUT2D eigenvalue weighted by Gasteiger charge is 2.10. The van der Waals surface area contributed by atoms with Crippen molar-refractivity contribution < 1.29 is 9.53 Å². The maximum atomic E-state index is 10.5. The third kappa shape index (κ3) is 10.9. The molecule has 0 rings (SSSR count). The lowest BCUT2D eigenvalue weighted by atomic mass is 9.87. The van der Waals surface area contributed by atoms with Gasteiger partial charge in [-0.05, 0) is 18.3 Å². The topological polar surface area (TPSA) is 26.3 Å². The molecule has 86 valence electrons. The van der Waals surface area contributed by atoms with Crippen molar-refractivity contribution in [3.05, 3.63) is 24.3 Å². The number of allylic oxidation sites excluding steroid dienone is 2. The highest BCUT2D eigenvalue weighted by Crippen LogP contribution is 2.24. The van der Waals surface area contributed by atoms with Crippen molar-refractivity contribution in [2.45, 2.75) is 40.5 Å². The van der Waals surface area contributed by atoms with Crippen LogP contribution in [0.25, 0.3) is 0 Å². The first kappa shape index (κ1) is 13.9. The molecule has 0 bridgehead atoms. The fourth-order valence-corrected chi connectivity index (χ4v) is 1.31. The molecular weight excluding hydrogens is 188 g/mol. The SMILES string of the molecule is C=C(CC=CCOC(C)=O)CC(C)(C)C. The molecule has 0 N–H and O–H groups in total. The summed E-state index contributed by atoms with van der Waals surface area (Å²) in [6.45, 7) is 12.4. The molecule has 0 saturated heterocycles. The van der Waals surface area contributed by atoms with Crippen molar-refractivity contribution in [2.75, 3.05) is 6.61 Å².